The predicted octanol–water partition coefficient (Wildman–Crippen LogP) is 3.79. The lowest BCUT2D eigenvalue weighted by Crippen LogP contribution is -2.30. The van der Waals surface area contributed by atoms with Crippen molar-refractivity contribution in [2.24, 2.45) is 11.7 Å². The maximum Gasteiger partial charge on any atom is 0.416 e. The molecule has 3 N–H and O–H groups in total. The highest BCUT2D eigenvalue weighted by Crippen LogP contribution is 2.34. The SMILES string of the molecule is CN(C(=O)C1CC1)c1ccccc1C(=O)Nc1cc(CN)cc(C(F)(F)F)c1. The van der Waals surface area contributed by atoms with E-state index in [9.17, 15) is 22.8 Å². The van der Waals surface area contributed by atoms with Gasteiger partial charge in [0.1, 0.15) is 0 Å². The molecule has 0 radical (unpaired) electrons. The lowest BCUT2D eigenvalue weighted by Gasteiger charge is -2.20. The summed E-state index contributed by atoms with van der Waals surface area (Å²) in [6.07, 6.45) is -2.91. The van der Waals surface area contributed by atoms with Crippen LogP contribution in [0.1, 0.15) is 34.3 Å². The summed E-state index contributed by atoms with van der Waals surface area (Å²) in [6.45, 7) is -0.0952. The maximum atomic E-state index is 13.1. The normalized spacial score (nSPS) is 13.9. The highest BCUT2D eigenvalue weighted by molar-refractivity contribution is 6.11. The first-order valence-corrected chi connectivity index (χ1v) is 8.80. The number of amides is 2. The second kappa shape index (κ2) is 7.63. The zero-order chi connectivity index (χ0) is 20.5. The van der Waals surface area contributed by atoms with E-state index in [1.807, 2.05) is 0 Å². The number of hydrogen-bond donors (Lipinski definition) is 2. The van der Waals surface area contributed by atoms with Crippen molar-refractivity contribution < 1.29 is 22.8 Å². The average molecular weight is 391 g/mol. The van der Waals surface area contributed by atoms with Crippen LogP contribution in [0.15, 0.2) is 42.5 Å². The average Bonchev–Trinajstić information content (AvgIpc) is 3.51. The molecule has 1 aliphatic carbocycles. The van der Waals surface area contributed by atoms with Gasteiger partial charge in [-0.2, -0.15) is 13.2 Å². The number of para-hydroxylation sites is 1. The molecule has 0 aromatic heterocycles. The highest BCUT2D eigenvalue weighted by Gasteiger charge is 2.34. The molecule has 0 spiro atoms. The molecule has 28 heavy (non-hydrogen) atoms. The number of carbonyl (C=O) groups is 2. The van der Waals surface area contributed by atoms with Crippen LogP contribution in [0.2, 0.25) is 0 Å². The maximum absolute atomic E-state index is 13.1. The molecule has 2 aromatic carbocycles. The molecule has 0 aliphatic heterocycles. The third-order valence-corrected chi connectivity index (χ3v) is 4.58. The second-order valence-corrected chi connectivity index (χ2v) is 6.76. The van der Waals surface area contributed by atoms with Crippen LogP contribution in [0.3, 0.4) is 0 Å². The first kappa shape index (κ1) is 19.9. The first-order chi connectivity index (χ1) is 13.2. The Labute approximate surface area is 160 Å². The molecule has 3 rings (SSSR count). The number of carbonyl (C=O) groups excluding carboxylic acids is 2. The lowest BCUT2D eigenvalue weighted by molar-refractivity contribution is -0.137. The molecule has 2 aromatic rings. The summed E-state index contributed by atoms with van der Waals surface area (Å²) in [6, 6.07) is 9.69. The Morgan fingerprint density at radius 2 is 1.86 bits per heavy atom. The largest absolute Gasteiger partial charge is 0.416 e. The van der Waals surface area contributed by atoms with Gasteiger partial charge in [-0.3, -0.25) is 9.59 Å². The molecule has 1 aliphatic rings. The van der Waals surface area contributed by atoms with Gasteiger partial charge in [0.05, 0.1) is 16.8 Å². The molecular formula is C20H20F3N3O2. The number of nitrogens with one attached hydrogen (secondary N) is 1. The molecule has 0 unspecified atom stereocenters. The second-order valence-electron chi connectivity index (χ2n) is 6.76. The number of hydrogen-bond acceptors (Lipinski definition) is 3. The number of halogens is 3. The van der Waals surface area contributed by atoms with Crippen molar-refractivity contribution in [2.45, 2.75) is 25.6 Å². The Morgan fingerprint density at radius 1 is 1.18 bits per heavy atom. The van der Waals surface area contributed by atoms with E-state index in [1.165, 1.54) is 17.0 Å². The summed E-state index contributed by atoms with van der Waals surface area (Å²) in [7, 11) is 1.59. The van der Waals surface area contributed by atoms with Gasteiger partial charge < -0.3 is 16.0 Å². The fraction of sp³-hybridized carbons (Fsp3) is 0.300. The van der Waals surface area contributed by atoms with Crippen molar-refractivity contribution >= 4 is 23.2 Å². The van der Waals surface area contributed by atoms with Gasteiger partial charge in [0.2, 0.25) is 5.91 Å². The summed E-state index contributed by atoms with van der Waals surface area (Å²) in [5, 5.41) is 2.49. The van der Waals surface area contributed by atoms with Crippen LogP contribution in [0.4, 0.5) is 24.5 Å². The van der Waals surface area contributed by atoms with Crippen molar-refractivity contribution in [3.05, 3.63) is 59.2 Å². The van der Waals surface area contributed by atoms with Crippen molar-refractivity contribution in [1.82, 2.24) is 0 Å². The predicted molar refractivity (Wildman–Crippen MR) is 99.9 cm³/mol. The third kappa shape index (κ3) is 4.33. The fourth-order valence-electron chi connectivity index (χ4n) is 2.93. The Hall–Kier alpha value is -2.87. The summed E-state index contributed by atoms with van der Waals surface area (Å²) in [5.74, 6) is -0.713. The smallest absolute Gasteiger partial charge is 0.326 e. The molecule has 0 bridgehead atoms. The Bertz CT molecular complexity index is 908. The van der Waals surface area contributed by atoms with Gasteiger partial charge in [-0.15, -0.1) is 0 Å². The zero-order valence-electron chi connectivity index (χ0n) is 15.2. The van der Waals surface area contributed by atoms with Crippen LogP contribution in [0.25, 0.3) is 0 Å². The molecule has 1 fully saturated rings. The van der Waals surface area contributed by atoms with E-state index in [-0.39, 0.29) is 35.2 Å². The highest BCUT2D eigenvalue weighted by atomic mass is 19.4. The van der Waals surface area contributed by atoms with Crippen LogP contribution in [-0.4, -0.2) is 18.9 Å². The molecule has 1 saturated carbocycles. The number of nitrogens with two attached hydrogens (primary N) is 1. The Balaban J connectivity index is 1.89. The van der Waals surface area contributed by atoms with Gasteiger partial charge in [0.15, 0.2) is 0 Å². The molecule has 2 amide bonds. The van der Waals surface area contributed by atoms with Gasteiger partial charge in [0.25, 0.3) is 5.91 Å². The molecule has 8 heteroatoms. The quantitative estimate of drug-likeness (QED) is 0.814. The van der Waals surface area contributed by atoms with Crippen LogP contribution >= 0.6 is 0 Å². The van der Waals surface area contributed by atoms with E-state index in [2.05, 4.69) is 5.32 Å². The Morgan fingerprint density at radius 3 is 2.46 bits per heavy atom. The van der Waals surface area contributed by atoms with Crippen molar-refractivity contribution in [2.75, 3.05) is 17.3 Å². The molecule has 5 nitrogen and oxygen atoms in total. The van der Waals surface area contributed by atoms with Gasteiger partial charge in [-0.05, 0) is 48.7 Å². The summed E-state index contributed by atoms with van der Waals surface area (Å²) in [5.41, 5.74) is 5.44. The van der Waals surface area contributed by atoms with Gasteiger partial charge in [0, 0.05) is 25.2 Å². The van der Waals surface area contributed by atoms with Crippen molar-refractivity contribution in [1.29, 1.82) is 0 Å². The molecule has 0 saturated heterocycles. The number of anilines is 2. The summed E-state index contributed by atoms with van der Waals surface area (Å²) < 4.78 is 39.3. The number of alkyl halides is 3. The minimum atomic E-state index is -4.56. The molecule has 148 valence electrons. The summed E-state index contributed by atoms with van der Waals surface area (Å²) >= 11 is 0. The van der Waals surface area contributed by atoms with E-state index < -0.39 is 17.6 Å². The van der Waals surface area contributed by atoms with Gasteiger partial charge in [-0.1, -0.05) is 12.1 Å². The monoisotopic (exact) mass is 391 g/mol. The number of nitrogens with zero attached hydrogens (tertiary/aromatic N) is 1. The fourth-order valence-corrected chi connectivity index (χ4v) is 2.93. The van der Waals surface area contributed by atoms with Crippen LogP contribution in [-0.2, 0) is 17.5 Å². The number of benzene rings is 2. The number of rotatable bonds is 5. The molecule has 0 heterocycles. The van der Waals surface area contributed by atoms with Crippen molar-refractivity contribution in [3.8, 4) is 0 Å². The summed E-state index contributed by atoms with van der Waals surface area (Å²) in [4.78, 5) is 26.5. The molecular weight excluding hydrogens is 371 g/mol. The minimum absolute atomic E-state index is 0.00810. The van der Waals surface area contributed by atoms with E-state index in [1.54, 1.807) is 25.2 Å². The first-order valence-electron chi connectivity index (χ1n) is 8.80. The van der Waals surface area contributed by atoms with Crippen LogP contribution in [0, 0.1) is 5.92 Å². The van der Waals surface area contributed by atoms with Crippen LogP contribution < -0.4 is 16.0 Å². The zero-order valence-corrected chi connectivity index (χ0v) is 15.2. The molecule has 0 atom stereocenters. The standard InChI is InChI=1S/C20H20F3N3O2/c1-26(19(28)13-6-7-13)17-5-3-2-4-16(17)18(27)25-15-9-12(11-24)8-14(10-15)20(21,22)23/h2-5,8-10,13H,6-7,11,24H2,1H3,(H,25,27). The van der Waals surface area contributed by atoms with E-state index >= 15 is 0 Å². The van der Waals surface area contributed by atoms with E-state index in [0.29, 0.717) is 5.69 Å². The minimum Gasteiger partial charge on any atom is -0.326 e. The van der Waals surface area contributed by atoms with E-state index in [4.69, 9.17) is 5.73 Å². The van der Waals surface area contributed by atoms with E-state index in [0.717, 1.165) is 25.0 Å². The van der Waals surface area contributed by atoms with Gasteiger partial charge >= 0.3 is 6.18 Å². The lowest BCUT2D eigenvalue weighted by atomic mass is 10.1. The Kier molecular flexibility index (Phi) is 5.42. The van der Waals surface area contributed by atoms with Crippen LogP contribution in [0.5, 0.6) is 0 Å². The topological polar surface area (TPSA) is 75.4 Å². The third-order valence-electron chi connectivity index (χ3n) is 4.58. The van der Waals surface area contributed by atoms with Gasteiger partial charge in [-0.25, -0.2) is 0 Å². The van der Waals surface area contributed by atoms with Crippen molar-refractivity contribution in [3.63, 3.8) is 0 Å².